The standard InChI is InChI=1S/C16H13ClFNO4/c17-13-3-1-2-4-14(13)19-15(20)9-23-16(21)10-22-12-7-5-11(18)6-8-12/h1-8H,9-10H2,(H,19,20). The number of rotatable bonds is 6. The number of amides is 1. The van der Waals surface area contributed by atoms with Gasteiger partial charge in [0.1, 0.15) is 11.6 Å². The third-order valence-electron chi connectivity index (χ3n) is 2.68. The van der Waals surface area contributed by atoms with Crippen molar-refractivity contribution >= 4 is 29.2 Å². The van der Waals surface area contributed by atoms with Gasteiger partial charge in [-0.15, -0.1) is 0 Å². The summed E-state index contributed by atoms with van der Waals surface area (Å²) >= 11 is 5.89. The highest BCUT2D eigenvalue weighted by molar-refractivity contribution is 6.33. The van der Waals surface area contributed by atoms with Crippen molar-refractivity contribution in [1.29, 1.82) is 0 Å². The normalized spacial score (nSPS) is 10.0. The second kappa shape index (κ2) is 8.14. The van der Waals surface area contributed by atoms with E-state index in [2.05, 4.69) is 5.32 Å². The zero-order valence-electron chi connectivity index (χ0n) is 11.9. The van der Waals surface area contributed by atoms with Crippen molar-refractivity contribution in [3.63, 3.8) is 0 Å². The summed E-state index contributed by atoms with van der Waals surface area (Å²) in [6, 6.07) is 11.9. The number of anilines is 1. The molecule has 1 amide bonds. The summed E-state index contributed by atoms with van der Waals surface area (Å²) in [6.07, 6.45) is 0. The van der Waals surface area contributed by atoms with Crippen LogP contribution in [0.25, 0.3) is 0 Å². The second-order valence-corrected chi connectivity index (χ2v) is 4.84. The number of para-hydroxylation sites is 1. The highest BCUT2D eigenvalue weighted by Gasteiger charge is 2.10. The van der Waals surface area contributed by atoms with E-state index in [0.29, 0.717) is 16.5 Å². The predicted molar refractivity (Wildman–Crippen MR) is 82.9 cm³/mol. The van der Waals surface area contributed by atoms with Crippen LogP contribution in [0.15, 0.2) is 48.5 Å². The Morgan fingerprint density at radius 1 is 1.04 bits per heavy atom. The molecule has 1 N–H and O–H groups in total. The van der Waals surface area contributed by atoms with Crippen LogP contribution in [0.2, 0.25) is 5.02 Å². The van der Waals surface area contributed by atoms with Crippen LogP contribution >= 0.6 is 11.6 Å². The summed E-state index contributed by atoms with van der Waals surface area (Å²) in [5.74, 6) is -1.32. The lowest BCUT2D eigenvalue weighted by Crippen LogP contribution is -2.23. The number of esters is 1. The molecule has 0 saturated carbocycles. The van der Waals surface area contributed by atoms with Crippen molar-refractivity contribution < 1.29 is 23.5 Å². The second-order valence-electron chi connectivity index (χ2n) is 4.43. The summed E-state index contributed by atoms with van der Waals surface area (Å²) < 4.78 is 22.6. The van der Waals surface area contributed by atoms with E-state index in [1.165, 1.54) is 24.3 Å². The van der Waals surface area contributed by atoms with Gasteiger partial charge in [-0.1, -0.05) is 23.7 Å². The molecular weight excluding hydrogens is 325 g/mol. The number of halogens is 2. The molecule has 0 radical (unpaired) electrons. The first-order chi connectivity index (χ1) is 11.0. The van der Waals surface area contributed by atoms with E-state index in [0.717, 1.165) is 0 Å². The van der Waals surface area contributed by atoms with Crippen LogP contribution in [0.5, 0.6) is 5.75 Å². The Kier molecular flexibility index (Phi) is 5.94. The van der Waals surface area contributed by atoms with Gasteiger partial charge in [0.25, 0.3) is 5.91 Å². The van der Waals surface area contributed by atoms with Crippen LogP contribution < -0.4 is 10.1 Å². The fourth-order valence-corrected chi connectivity index (χ4v) is 1.79. The fourth-order valence-electron chi connectivity index (χ4n) is 1.61. The Balaban J connectivity index is 1.72. The molecule has 0 saturated heterocycles. The molecule has 0 aromatic heterocycles. The molecule has 2 rings (SSSR count). The lowest BCUT2D eigenvalue weighted by Gasteiger charge is -2.08. The molecule has 0 bridgehead atoms. The number of ether oxygens (including phenoxy) is 2. The first kappa shape index (κ1) is 16.8. The average molecular weight is 338 g/mol. The monoisotopic (exact) mass is 337 g/mol. The minimum absolute atomic E-state index is 0.323. The molecule has 0 fully saturated rings. The predicted octanol–water partition coefficient (Wildman–Crippen LogP) is 3.04. The number of hydrogen-bond donors (Lipinski definition) is 1. The third-order valence-corrected chi connectivity index (χ3v) is 3.01. The van der Waals surface area contributed by atoms with E-state index in [-0.39, 0.29) is 6.61 Å². The molecule has 2 aromatic carbocycles. The van der Waals surface area contributed by atoms with Gasteiger partial charge in [-0.2, -0.15) is 0 Å². The molecule has 0 atom stereocenters. The highest BCUT2D eigenvalue weighted by Crippen LogP contribution is 2.20. The van der Waals surface area contributed by atoms with Gasteiger partial charge in [0, 0.05) is 0 Å². The lowest BCUT2D eigenvalue weighted by atomic mass is 10.3. The van der Waals surface area contributed by atoms with Crippen LogP contribution in [0.4, 0.5) is 10.1 Å². The van der Waals surface area contributed by atoms with Gasteiger partial charge in [0.15, 0.2) is 13.2 Å². The van der Waals surface area contributed by atoms with Crippen molar-refractivity contribution in [2.24, 2.45) is 0 Å². The minimum Gasteiger partial charge on any atom is -0.482 e. The van der Waals surface area contributed by atoms with Crippen molar-refractivity contribution in [1.82, 2.24) is 0 Å². The number of carbonyl (C=O) groups excluding carboxylic acids is 2. The van der Waals surface area contributed by atoms with E-state index in [9.17, 15) is 14.0 Å². The van der Waals surface area contributed by atoms with Gasteiger partial charge in [-0.25, -0.2) is 9.18 Å². The Morgan fingerprint density at radius 2 is 1.74 bits per heavy atom. The van der Waals surface area contributed by atoms with Gasteiger partial charge in [0.05, 0.1) is 10.7 Å². The topological polar surface area (TPSA) is 64.6 Å². The van der Waals surface area contributed by atoms with Gasteiger partial charge < -0.3 is 14.8 Å². The van der Waals surface area contributed by atoms with Crippen molar-refractivity contribution in [2.45, 2.75) is 0 Å². The van der Waals surface area contributed by atoms with E-state index in [1.54, 1.807) is 24.3 Å². The first-order valence-electron chi connectivity index (χ1n) is 6.63. The molecule has 23 heavy (non-hydrogen) atoms. The molecular formula is C16H13ClFNO4. The zero-order valence-corrected chi connectivity index (χ0v) is 12.7. The Bertz CT molecular complexity index is 691. The lowest BCUT2D eigenvalue weighted by molar-refractivity contribution is -0.149. The molecule has 0 unspecified atom stereocenters. The van der Waals surface area contributed by atoms with Gasteiger partial charge >= 0.3 is 5.97 Å². The molecule has 2 aromatic rings. The summed E-state index contributed by atoms with van der Waals surface area (Å²) in [4.78, 5) is 23.1. The molecule has 0 aliphatic heterocycles. The number of nitrogens with one attached hydrogen (secondary N) is 1. The summed E-state index contributed by atoms with van der Waals surface area (Å²) in [5, 5.41) is 2.90. The number of benzene rings is 2. The molecule has 0 aliphatic rings. The maximum Gasteiger partial charge on any atom is 0.344 e. The number of hydrogen-bond acceptors (Lipinski definition) is 4. The van der Waals surface area contributed by atoms with Crippen LogP contribution in [0.1, 0.15) is 0 Å². The molecule has 7 heteroatoms. The Hall–Kier alpha value is -2.60. The summed E-state index contributed by atoms with van der Waals surface area (Å²) in [5.41, 5.74) is 0.428. The first-order valence-corrected chi connectivity index (χ1v) is 7.01. The third kappa shape index (κ3) is 5.60. The summed E-state index contributed by atoms with van der Waals surface area (Å²) in [6.45, 7) is -0.845. The SMILES string of the molecule is O=C(COC(=O)COc1ccc(F)cc1)Nc1ccccc1Cl. The Labute approximate surface area is 137 Å². The molecule has 5 nitrogen and oxygen atoms in total. The van der Waals surface area contributed by atoms with Crippen molar-refractivity contribution in [3.05, 3.63) is 59.4 Å². The smallest absolute Gasteiger partial charge is 0.344 e. The van der Waals surface area contributed by atoms with E-state index < -0.39 is 24.3 Å². The fraction of sp³-hybridized carbons (Fsp3) is 0.125. The summed E-state index contributed by atoms with van der Waals surface area (Å²) in [7, 11) is 0. The van der Waals surface area contributed by atoms with Crippen LogP contribution in [0.3, 0.4) is 0 Å². The quantitative estimate of drug-likeness (QED) is 0.823. The van der Waals surface area contributed by atoms with E-state index in [4.69, 9.17) is 21.1 Å². The van der Waals surface area contributed by atoms with E-state index >= 15 is 0 Å². The molecule has 0 spiro atoms. The molecule has 0 aliphatic carbocycles. The largest absolute Gasteiger partial charge is 0.482 e. The maximum absolute atomic E-state index is 12.7. The van der Waals surface area contributed by atoms with Crippen molar-refractivity contribution in [3.8, 4) is 5.75 Å². The van der Waals surface area contributed by atoms with Crippen LogP contribution in [-0.4, -0.2) is 25.1 Å². The zero-order chi connectivity index (χ0) is 16.7. The van der Waals surface area contributed by atoms with Gasteiger partial charge in [-0.05, 0) is 36.4 Å². The van der Waals surface area contributed by atoms with Crippen LogP contribution in [-0.2, 0) is 14.3 Å². The maximum atomic E-state index is 12.7. The Morgan fingerprint density at radius 3 is 2.43 bits per heavy atom. The van der Waals surface area contributed by atoms with Crippen LogP contribution in [0, 0.1) is 5.82 Å². The average Bonchev–Trinajstić information content (AvgIpc) is 2.54. The van der Waals surface area contributed by atoms with Crippen molar-refractivity contribution in [2.75, 3.05) is 18.5 Å². The number of carbonyl (C=O) groups is 2. The van der Waals surface area contributed by atoms with Gasteiger partial charge in [0.2, 0.25) is 0 Å². The highest BCUT2D eigenvalue weighted by atomic mass is 35.5. The van der Waals surface area contributed by atoms with Gasteiger partial charge in [-0.3, -0.25) is 4.79 Å². The molecule has 120 valence electrons. The van der Waals surface area contributed by atoms with E-state index in [1.807, 2.05) is 0 Å². The minimum atomic E-state index is -0.719. The molecule has 0 heterocycles.